The lowest BCUT2D eigenvalue weighted by Gasteiger charge is -2.14. The van der Waals surface area contributed by atoms with Crippen molar-refractivity contribution in [2.75, 3.05) is 23.7 Å². The zero-order chi connectivity index (χ0) is 34.1. The van der Waals surface area contributed by atoms with E-state index in [-0.39, 0.29) is 18.2 Å². The summed E-state index contributed by atoms with van der Waals surface area (Å²) in [5.41, 5.74) is 7.15. The van der Waals surface area contributed by atoms with E-state index in [1.165, 1.54) is 16.2 Å². The van der Waals surface area contributed by atoms with E-state index in [4.69, 9.17) is 16.6 Å². The number of carbonyl (C=O) groups is 2. The van der Waals surface area contributed by atoms with Crippen molar-refractivity contribution in [3.63, 3.8) is 0 Å². The number of carbonyl (C=O) groups excluding carboxylic acids is 2. The summed E-state index contributed by atoms with van der Waals surface area (Å²) in [7, 11) is 0. The summed E-state index contributed by atoms with van der Waals surface area (Å²) in [6.45, 7) is 13.1. The smallest absolute Gasteiger partial charge is 0.257 e. The van der Waals surface area contributed by atoms with Gasteiger partial charge in [-0.25, -0.2) is 4.98 Å². The molecule has 2 amide bonds. The molecular weight excluding hydrogens is 664 g/mol. The number of hydrogen-bond acceptors (Lipinski definition) is 9. The van der Waals surface area contributed by atoms with Crippen molar-refractivity contribution >= 4 is 62.6 Å². The first kappa shape index (κ1) is 33.5. The average molecular weight is 701 g/mol. The Kier molecular flexibility index (Phi) is 9.77. The first-order valence-electron chi connectivity index (χ1n) is 15.7. The van der Waals surface area contributed by atoms with Crippen LogP contribution in [-0.4, -0.2) is 50.4 Å². The van der Waals surface area contributed by atoms with E-state index < -0.39 is 6.04 Å². The van der Waals surface area contributed by atoms with Gasteiger partial charge >= 0.3 is 0 Å². The molecule has 1 aliphatic heterocycles. The molecule has 0 fully saturated rings. The van der Waals surface area contributed by atoms with Gasteiger partial charge in [0.2, 0.25) is 5.91 Å². The van der Waals surface area contributed by atoms with Gasteiger partial charge in [-0.2, -0.15) is 0 Å². The summed E-state index contributed by atoms with van der Waals surface area (Å²) in [4.78, 5) is 38.2. The Morgan fingerprint density at radius 1 is 0.917 bits per heavy atom. The van der Waals surface area contributed by atoms with Crippen LogP contribution in [-0.2, 0) is 4.79 Å². The molecule has 13 heteroatoms. The Balaban J connectivity index is 1.11. The van der Waals surface area contributed by atoms with Gasteiger partial charge in [0, 0.05) is 50.2 Å². The molecule has 0 spiro atoms. The normalized spacial score (nSPS) is 13.7. The third kappa shape index (κ3) is 6.78. The minimum Gasteiger partial charge on any atom is -0.385 e. The fourth-order valence-corrected chi connectivity index (χ4v) is 7.83. The van der Waals surface area contributed by atoms with Crippen LogP contribution in [0, 0.1) is 41.5 Å². The van der Waals surface area contributed by atoms with Gasteiger partial charge in [-0.3, -0.25) is 24.5 Å². The van der Waals surface area contributed by atoms with Gasteiger partial charge in [0.25, 0.3) is 5.91 Å². The number of nitrogens with zero attached hydrogens (tertiary/aromatic N) is 5. The summed E-state index contributed by atoms with van der Waals surface area (Å²) in [5, 5.41) is 20.5. The number of aromatic nitrogens is 4. The van der Waals surface area contributed by atoms with Crippen LogP contribution in [0.4, 0.5) is 10.8 Å². The summed E-state index contributed by atoms with van der Waals surface area (Å²) >= 11 is 9.37. The van der Waals surface area contributed by atoms with E-state index >= 15 is 0 Å². The molecular formula is C35H37ClN8O2S2. The number of amides is 2. The van der Waals surface area contributed by atoms with Crippen molar-refractivity contribution in [3.05, 3.63) is 102 Å². The average Bonchev–Trinajstić information content (AvgIpc) is 3.65. The number of aryl methyl sites for hydroxylation is 4. The number of rotatable bonds is 10. The molecule has 4 heterocycles. The molecule has 0 radical (unpaired) electrons. The van der Waals surface area contributed by atoms with E-state index in [9.17, 15) is 9.59 Å². The Hall–Kier alpha value is -4.39. The molecule has 0 bridgehead atoms. The SMILES string of the molecule is Cc1nc(NC(=O)c2cccc(NCCCNC(=O)C[C@@H]3N=C(c4ccc(Cl)cc4)c4c(sc(C)c4C)-n4c(C)nnc43)c2C)sc1C. The van der Waals surface area contributed by atoms with Crippen LogP contribution < -0.4 is 16.0 Å². The maximum atomic E-state index is 13.3. The van der Waals surface area contributed by atoms with Crippen LogP contribution in [0.5, 0.6) is 0 Å². The van der Waals surface area contributed by atoms with Crippen LogP contribution >= 0.6 is 34.3 Å². The van der Waals surface area contributed by atoms with Crippen LogP contribution in [0.1, 0.15) is 78.6 Å². The summed E-state index contributed by atoms with van der Waals surface area (Å²) < 4.78 is 2.05. The highest BCUT2D eigenvalue weighted by Crippen LogP contribution is 2.39. The van der Waals surface area contributed by atoms with Gasteiger partial charge in [-0.15, -0.1) is 32.9 Å². The fourth-order valence-electron chi connectivity index (χ4n) is 5.68. The number of thiazole rings is 1. The number of nitrogens with one attached hydrogen (secondary N) is 3. The van der Waals surface area contributed by atoms with Crippen molar-refractivity contribution in [1.82, 2.24) is 25.1 Å². The van der Waals surface area contributed by atoms with Crippen LogP contribution in [0.2, 0.25) is 5.02 Å². The van der Waals surface area contributed by atoms with E-state index in [1.807, 2.05) is 74.7 Å². The molecule has 248 valence electrons. The van der Waals surface area contributed by atoms with Crippen molar-refractivity contribution in [3.8, 4) is 5.00 Å². The third-order valence-electron chi connectivity index (χ3n) is 8.55. The van der Waals surface area contributed by atoms with E-state index in [0.717, 1.165) is 55.0 Å². The number of hydrogen-bond donors (Lipinski definition) is 3. The lowest BCUT2D eigenvalue weighted by Crippen LogP contribution is -2.27. The van der Waals surface area contributed by atoms with E-state index in [1.54, 1.807) is 11.3 Å². The second-order valence-electron chi connectivity index (χ2n) is 11.8. The fraction of sp³-hybridized carbons (Fsp3) is 0.314. The Morgan fingerprint density at radius 2 is 1.69 bits per heavy atom. The standard InChI is InChI=1S/C35H37ClN8O2S2/c1-18-21(4)47-34-30(18)31(24-11-13-25(36)14-12-24)40-28(32-43-42-23(6)44(32)34)17-29(45)38-16-8-15-37-27-10-7-9-26(19(27)2)33(46)41-35-39-20(3)22(5)48-35/h7,9-14,28,37H,8,15-17H2,1-6H3,(H,38,45)(H,39,41,46)/t28-/m0/s1. The van der Waals surface area contributed by atoms with Crippen molar-refractivity contribution in [2.45, 2.75) is 60.4 Å². The molecule has 0 unspecified atom stereocenters. The summed E-state index contributed by atoms with van der Waals surface area (Å²) in [6, 6.07) is 12.7. The zero-order valence-electron chi connectivity index (χ0n) is 27.7. The molecule has 3 N–H and O–H groups in total. The number of fused-ring (bicyclic) bond motifs is 3. The topological polar surface area (TPSA) is 126 Å². The van der Waals surface area contributed by atoms with E-state index in [2.05, 4.69) is 45.0 Å². The number of thiophene rings is 1. The van der Waals surface area contributed by atoms with Gasteiger partial charge in [0.15, 0.2) is 11.0 Å². The highest BCUT2D eigenvalue weighted by Gasteiger charge is 2.32. The van der Waals surface area contributed by atoms with Crippen molar-refractivity contribution in [1.29, 1.82) is 0 Å². The number of aliphatic imine (C=N–C) groups is 1. The molecule has 3 aromatic heterocycles. The minimum atomic E-state index is -0.525. The molecule has 2 aromatic carbocycles. The molecule has 48 heavy (non-hydrogen) atoms. The molecule has 0 saturated carbocycles. The largest absolute Gasteiger partial charge is 0.385 e. The first-order chi connectivity index (χ1) is 23.0. The molecule has 1 atom stereocenters. The molecule has 10 nitrogen and oxygen atoms in total. The summed E-state index contributed by atoms with van der Waals surface area (Å²) in [5.74, 6) is 1.09. The first-order valence-corrected chi connectivity index (χ1v) is 17.7. The number of halogens is 1. The Morgan fingerprint density at radius 3 is 2.42 bits per heavy atom. The monoisotopic (exact) mass is 700 g/mol. The van der Waals surface area contributed by atoms with Crippen LogP contribution in [0.15, 0.2) is 47.5 Å². The second kappa shape index (κ2) is 14.0. The molecule has 1 aliphatic rings. The minimum absolute atomic E-state index is 0.118. The lowest BCUT2D eigenvalue weighted by molar-refractivity contribution is -0.121. The summed E-state index contributed by atoms with van der Waals surface area (Å²) in [6.07, 6.45) is 0.818. The van der Waals surface area contributed by atoms with E-state index in [0.29, 0.717) is 41.1 Å². The Bertz CT molecular complexity index is 2020. The Labute approximate surface area is 292 Å². The lowest BCUT2D eigenvalue weighted by atomic mass is 9.99. The highest BCUT2D eigenvalue weighted by atomic mass is 35.5. The molecule has 5 aromatic rings. The van der Waals surface area contributed by atoms with Gasteiger partial charge in [-0.05, 0) is 83.4 Å². The second-order valence-corrected chi connectivity index (χ2v) is 14.7. The molecule has 0 aliphatic carbocycles. The molecule has 6 rings (SSSR count). The predicted octanol–water partition coefficient (Wildman–Crippen LogP) is 7.44. The van der Waals surface area contributed by atoms with Gasteiger partial charge in [-0.1, -0.05) is 29.8 Å². The number of anilines is 2. The van der Waals surface area contributed by atoms with Crippen molar-refractivity contribution < 1.29 is 9.59 Å². The number of benzene rings is 2. The van der Waals surface area contributed by atoms with Gasteiger partial charge in [0.1, 0.15) is 16.9 Å². The maximum absolute atomic E-state index is 13.3. The highest BCUT2D eigenvalue weighted by molar-refractivity contribution is 7.16. The molecule has 0 saturated heterocycles. The van der Waals surface area contributed by atoms with Crippen LogP contribution in [0.3, 0.4) is 0 Å². The quantitative estimate of drug-likeness (QED) is 0.130. The maximum Gasteiger partial charge on any atom is 0.257 e. The zero-order valence-corrected chi connectivity index (χ0v) is 30.1. The van der Waals surface area contributed by atoms with Gasteiger partial charge in [0.05, 0.1) is 17.8 Å². The third-order valence-corrected chi connectivity index (χ3v) is 11.0. The predicted molar refractivity (Wildman–Crippen MR) is 195 cm³/mol. The van der Waals surface area contributed by atoms with Crippen LogP contribution in [0.25, 0.3) is 5.00 Å². The van der Waals surface area contributed by atoms with Gasteiger partial charge < -0.3 is 10.6 Å². The van der Waals surface area contributed by atoms with Crippen molar-refractivity contribution in [2.24, 2.45) is 4.99 Å².